The van der Waals surface area contributed by atoms with Crippen LogP contribution < -0.4 is 0 Å². The first kappa shape index (κ1) is 16.7. The SMILES string of the molecule is CCCCOC(=O)CC=CCC(=O)OCCCC. The molecule has 0 fully saturated rings. The molecule has 0 aliphatic rings. The minimum absolute atomic E-state index is 0.214. The van der Waals surface area contributed by atoms with Crippen LogP contribution in [-0.4, -0.2) is 25.2 Å². The molecule has 0 atom stereocenters. The van der Waals surface area contributed by atoms with Crippen molar-refractivity contribution in [3.05, 3.63) is 12.2 Å². The van der Waals surface area contributed by atoms with E-state index in [0.717, 1.165) is 25.7 Å². The summed E-state index contributed by atoms with van der Waals surface area (Å²) in [5.41, 5.74) is 0. The van der Waals surface area contributed by atoms with Gasteiger partial charge in [0.1, 0.15) is 0 Å². The molecule has 0 saturated carbocycles. The van der Waals surface area contributed by atoms with Gasteiger partial charge in [0, 0.05) is 0 Å². The van der Waals surface area contributed by atoms with Crippen molar-refractivity contribution in [3.63, 3.8) is 0 Å². The number of esters is 2. The second kappa shape index (κ2) is 12.1. The van der Waals surface area contributed by atoms with Crippen molar-refractivity contribution in [2.75, 3.05) is 13.2 Å². The molecule has 4 heteroatoms. The van der Waals surface area contributed by atoms with Crippen LogP contribution in [0.1, 0.15) is 52.4 Å². The van der Waals surface area contributed by atoms with Crippen LogP contribution in [0.25, 0.3) is 0 Å². The predicted octanol–water partition coefficient (Wildman–Crippen LogP) is 3.01. The van der Waals surface area contributed by atoms with Gasteiger partial charge in [-0.1, -0.05) is 38.8 Å². The van der Waals surface area contributed by atoms with Gasteiger partial charge < -0.3 is 9.47 Å². The maximum atomic E-state index is 11.2. The van der Waals surface area contributed by atoms with E-state index in [1.165, 1.54) is 0 Å². The summed E-state index contributed by atoms with van der Waals surface area (Å²) in [6.07, 6.45) is 7.51. The van der Waals surface area contributed by atoms with Gasteiger partial charge in [-0.25, -0.2) is 0 Å². The lowest BCUT2D eigenvalue weighted by Crippen LogP contribution is -2.05. The summed E-state index contributed by atoms with van der Waals surface area (Å²) in [6.45, 7) is 5.03. The molecule has 0 aromatic heterocycles. The predicted molar refractivity (Wildman–Crippen MR) is 70.1 cm³/mol. The molecule has 0 heterocycles. The normalized spacial score (nSPS) is 10.6. The Labute approximate surface area is 109 Å². The highest BCUT2D eigenvalue weighted by Crippen LogP contribution is 1.96. The Bertz CT molecular complexity index is 233. The molecule has 0 spiro atoms. The zero-order valence-corrected chi connectivity index (χ0v) is 11.4. The minimum atomic E-state index is -0.251. The summed E-state index contributed by atoms with van der Waals surface area (Å²) >= 11 is 0. The zero-order chi connectivity index (χ0) is 13.6. The summed E-state index contributed by atoms with van der Waals surface area (Å²) in [5, 5.41) is 0. The van der Waals surface area contributed by atoms with E-state index >= 15 is 0 Å². The smallest absolute Gasteiger partial charge is 0.309 e. The summed E-state index contributed by atoms with van der Waals surface area (Å²) in [5.74, 6) is -0.502. The molecular formula is C14H24O4. The number of ether oxygens (including phenoxy) is 2. The van der Waals surface area contributed by atoms with Crippen LogP contribution >= 0.6 is 0 Å². The number of carbonyl (C=O) groups is 2. The molecule has 18 heavy (non-hydrogen) atoms. The number of rotatable bonds is 10. The van der Waals surface area contributed by atoms with E-state index in [9.17, 15) is 9.59 Å². The third kappa shape index (κ3) is 11.2. The van der Waals surface area contributed by atoms with E-state index < -0.39 is 0 Å². The molecule has 0 amide bonds. The first-order valence-electron chi connectivity index (χ1n) is 6.66. The summed E-state index contributed by atoms with van der Waals surface area (Å²) < 4.78 is 9.93. The fourth-order valence-corrected chi connectivity index (χ4v) is 1.14. The number of hydrogen-bond acceptors (Lipinski definition) is 4. The molecule has 0 rings (SSSR count). The first-order valence-corrected chi connectivity index (χ1v) is 6.66. The third-order valence-electron chi connectivity index (χ3n) is 2.26. The Morgan fingerprint density at radius 3 is 1.56 bits per heavy atom. The molecule has 0 aliphatic carbocycles. The lowest BCUT2D eigenvalue weighted by molar-refractivity contribution is -0.144. The van der Waals surface area contributed by atoms with Gasteiger partial charge in [-0.3, -0.25) is 9.59 Å². The van der Waals surface area contributed by atoms with Crippen molar-refractivity contribution in [2.24, 2.45) is 0 Å². The van der Waals surface area contributed by atoms with Crippen LogP contribution in [0.2, 0.25) is 0 Å². The second-order valence-corrected chi connectivity index (χ2v) is 4.03. The Morgan fingerprint density at radius 2 is 1.22 bits per heavy atom. The van der Waals surface area contributed by atoms with Gasteiger partial charge in [-0.2, -0.15) is 0 Å². The topological polar surface area (TPSA) is 52.6 Å². The second-order valence-electron chi connectivity index (χ2n) is 4.03. The van der Waals surface area contributed by atoms with Crippen LogP contribution in [0, 0.1) is 0 Å². The molecular weight excluding hydrogens is 232 g/mol. The van der Waals surface area contributed by atoms with Crippen molar-refractivity contribution < 1.29 is 19.1 Å². The van der Waals surface area contributed by atoms with Crippen molar-refractivity contribution in [2.45, 2.75) is 52.4 Å². The number of carbonyl (C=O) groups excluding carboxylic acids is 2. The van der Waals surface area contributed by atoms with Crippen LogP contribution in [0.3, 0.4) is 0 Å². The summed E-state index contributed by atoms with van der Waals surface area (Å²) in [7, 11) is 0. The maximum Gasteiger partial charge on any atom is 0.309 e. The fourth-order valence-electron chi connectivity index (χ4n) is 1.14. The Hall–Kier alpha value is -1.32. The van der Waals surface area contributed by atoms with E-state index in [1.807, 2.05) is 13.8 Å². The van der Waals surface area contributed by atoms with Gasteiger partial charge in [-0.05, 0) is 12.8 Å². The quantitative estimate of drug-likeness (QED) is 0.342. The lowest BCUT2D eigenvalue weighted by atomic mass is 10.3. The van der Waals surface area contributed by atoms with Gasteiger partial charge in [0.15, 0.2) is 0 Å². The van der Waals surface area contributed by atoms with Gasteiger partial charge in [-0.15, -0.1) is 0 Å². The monoisotopic (exact) mass is 256 g/mol. The van der Waals surface area contributed by atoms with Crippen molar-refractivity contribution in [3.8, 4) is 0 Å². The Kier molecular flexibility index (Phi) is 11.3. The molecule has 0 N–H and O–H groups in total. The average molecular weight is 256 g/mol. The molecule has 4 nitrogen and oxygen atoms in total. The van der Waals surface area contributed by atoms with Crippen molar-refractivity contribution >= 4 is 11.9 Å². The van der Waals surface area contributed by atoms with E-state index in [0.29, 0.717) is 13.2 Å². The largest absolute Gasteiger partial charge is 0.465 e. The van der Waals surface area contributed by atoms with Crippen molar-refractivity contribution in [1.29, 1.82) is 0 Å². The Morgan fingerprint density at radius 1 is 0.833 bits per heavy atom. The minimum Gasteiger partial charge on any atom is -0.465 e. The Balaban J connectivity index is 3.51. The number of unbranched alkanes of at least 4 members (excludes halogenated alkanes) is 2. The van der Waals surface area contributed by atoms with E-state index in [4.69, 9.17) is 9.47 Å². The van der Waals surface area contributed by atoms with Crippen LogP contribution in [0.15, 0.2) is 12.2 Å². The van der Waals surface area contributed by atoms with Crippen LogP contribution in [0.4, 0.5) is 0 Å². The third-order valence-corrected chi connectivity index (χ3v) is 2.26. The van der Waals surface area contributed by atoms with Crippen LogP contribution in [-0.2, 0) is 19.1 Å². The van der Waals surface area contributed by atoms with Crippen molar-refractivity contribution in [1.82, 2.24) is 0 Å². The molecule has 0 bridgehead atoms. The molecule has 0 saturated heterocycles. The van der Waals surface area contributed by atoms with Gasteiger partial charge in [0.05, 0.1) is 26.1 Å². The fraction of sp³-hybridized carbons (Fsp3) is 0.714. The van der Waals surface area contributed by atoms with Gasteiger partial charge in [0.2, 0.25) is 0 Å². The van der Waals surface area contributed by atoms with E-state index in [2.05, 4.69) is 0 Å². The van der Waals surface area contributed by atoms with Gasteiger partial charge >= 0.3 is 11.9 Å². The molecule has 0 radical (unpaired) electrons. The van der Waals surface area contributed by atoms with Crippen LogP contribution in [0.5, 0.6) is 0 Å². The first-order chi connectivity index (χ1) is 8.70. The molecule has 0 unspecified atom stereocenters. The lowest BCUT2D eigenvalue weighted by Gasteiger charge is -2.01. The molecule has 0 aliphatic heterocycles. The molecule has 0 aromatic carbocycles. The summed E-state index contributed by atoms with van der Waals surface area (Å²) in [4.78, 5) is 22.4. The summed E-state index contributed by atoms with van der Waals surface area (Å²) in [6, 6.07) is 0. The van der Waals surface area contributed by atoms with Gasteiger partial charge in [0.25, 0.3) is 0 Å². The highest BCUT2D eigenvalue weighted by atomic mass is 16.5. The highest BCUT2D eigenvalue weighted by molar-refractivity contribution is 5.73. The zero-order valence-electron chi connectivity index (χ0n) is 11.4. The van der Waals surface area contributed by atoms with E-state index in [1.54, 1.807) is 12.2 Å². The molecule has 104 valence electrons. The number of hydrogen-bond donors (Lipinski definition) is 0. The van der Waals surface area contributed by atoms with E-state index in [-0.39, 0.29) is 24.8 Å². The standard InChI is InChI=1S/C14H24O4/c1-3-5-11-17-13(15)9-7-8-10-14(16)18-12-6-4-2/h7-8H,3-6,9-12H2,1-2H3. The molecule has 0 aromatic rings. The maximum absolute atomic E-state index is 11.2. The average Bonchev–Trinajstić information content (AvgIpc) is 2.35. The highest BCUT2D eigenvalue weighted by Gasteiger charge is 2.00.